The Balaban J connectivity index is 2.17. The Hall–Kier alpha value is -2.03. The van der Waals surface area contributed by atoms with Gasteiger partial charge in [-0.05, 0) is 30.7 Å². The van der Waals surface area contributed by atoms with E-state index >= 15 is 0 Å². The van der Waals surface area contributed by atoms with E-state index in [1.54, 1.807) is 0 Å². The van der Waals surface area contributed by atoms with Gasteiger partial charge in [0.25, 0.3) is 0 Å². The van der Waals surface area contributed by atoms with Crippen molar-refractivity contribution < 1.29 is 0 Å². The number of hydrogen-bond donors (Lipinski definition) is 1. The quantitative estimate of drug-likeness (QED) is 0.865. The first-order valence-electron chi connectivity index (χ1n) is 6.31. The summed E-state index contributed by atoms with van der Waals surface area (Å²) in [5.41, 5.74) is 1.14. The summed E-state index contributed by atoms with van der Waals surface area (Å²) in [5.74, 6) is 1.87. The predicted molar refractivity (Wildman–Crippen MR) is 77.5 cm³/mol. The van der Waals surface area contributed by atoms with Crippen LogP contribution in [0.2, 0.25) is 0 Å². The van der Waals surface area contributed by atoms with Gasteiger partial charge in [0.05, 0.1) is 0 Å². The van der Waals surface area contributed by atoms with Crippen LogP contribution >= 0.6 is 0 Å². The van der Waals surface area contributed by atoms with Crippen LogP contribution in [0.3, 0.4) is 0 Å². The van der Waals surface area contributed by atoms with E-state index in [1.165, 1.54) is 0 Å². The molecule has 1 aromatic heterocycles. The van der Waals surface area contributed by atoms with Crippen LogP contribution in [-0.4, -0.2) is 18.6 Å². The van der Waals surface area contributed by atoms with Crippen molar-refractivity contribution in [2.45, 2.75) is 13.3 Å². The maximum absolute atomic E-state index is 4.60. The van der Waals surface area contributed by atoms with Crippen LogP contribution in [0, 0.1) is 0 Å². The molecule has 0 aliphatic carbocycles. The van der Waals surface area contributed by atoms with E-state index in [4.69, 9.17) is 0 Å². The zero-order chi connectivity index (χ0) is 12.8. The van der Waals surface area contributed by atoms with Crippen LogP contribution in [-0.2, 0) is 0 Å². The van der Waals surface area contributed by atoms with Crippen molar-refractivity contribution in [1.82, 2.24) is 4.98 Å². The lowest BCUT2D eigenvalue weighted by molar-refractivity contribution is 0.967. The van der Waals surface area contributed by atoms with Crippen LogP contribution < -0.4 is 10.2 Å². The number of pyridine rings is 1. The van der Waals surface area contributed by atoms with E-state index in [9.17, 15) is 0 Å². The zero-order valence-electron chi connectivity index (χ0n) is 10.9. The van der Waals surface area contributed by atoms with Gasteiger partial charge in [0.1, 0.15) is 11.6 Å². The molecule has 0 amide bonds. The van der Waals surface area contributed by atoms with Gasteiger partial charge in [-0.1, -0.05) is 31.2 Å². The summed E-state index contributed by atoms with van der Waals surface area (Å²) in [5, 5.41) is 3.30. The fourth-order valence-electron chi connectivity index (χ4n) is 1.75. The van der Waals surface area contributed by atoms with E-state index in [0.717, 1.165) is 30.3 Å². The van der Waals surface area contributed by atoms with E-state index in [0.29, 0.717) is 0 Å². The minimum Gasteiger partial charge on any atom is -0.370 e. The van der Waals surface area contributed by atoms with Gasteiger partial charge in [-0.25, -0.2) is 4.98 Å². The molecule has 2 aromatic rings. The van der Waals surface area contributed by atoms with Crippen LogP contribution in [0.5, 0.6) is 0 Å². The summed E-state index contributed by atoms with van der Waals surface area (Å²) in [6.45, 7) is 3.10. The maximum Gasteiger partial charge on any atom is 0.135 e. The van der Waals surface area contributed by atoms with Crippen LogP contribution in [0.4, 0.5) is 17.3 Å². The van der Waals surface area contributed by atoms with Crippen molar-refractivity contribution in [3.05, 3.63) is 48.5 Å². The highest BCUT2D eigenvalue weighted by Crippen LogP contribution is 2.22. The lowest BCUT2D eigenvalue weighted by Gasteiger charge is -2.19. The predicted octanol–water partition coefficient (Wildman–Crippen LogP) is 3.67. The lowest BCUT2D eigenvalue weighted by Crippen LogP contribution is -2.12. The molecule has 3 heteroatoms. The summed E-state index contributed by atoms with van der Waals surface area (Å²) in [7, 11) is 2.03. The van der Waals surface area contributed by atoms with Gasteiger partial charge in [0.2, 0.25) is 0 Å². The molecule has 0 bridgehead atoms. The highest BCUT2D eigenvalue weighted by atomic mass is 15.2. The molecule has 0 atom stereocenters. The third kappa shape index (κ3) is 3.00. The summed E-state index contributed by atoms with van der Waals surface area (Å²) < 4.78 is 0. The van der Waals surface area contributed by atoms with Crippen molar-refractivity contribution >= 4 is 17.3 Å². The first kappa shape index (κ1) is 12.4. The average molecular weight is 241 g/mol. The molecule has 0 spiro atoms. The van der Waals surface area contributed by atoms with E-state index in [-0.39, 0.29) is 0 Å². The minimum absolute atomic E-state index is 0.928. The van der Waals surface area contributed by atoms with Gasteiger partial charge in [-0.2, -0.15) is 0 Å². The highest BCUT2D eigenvalue weighted by Gasteiger charge is 2.05. The fraction of sp³-hybridized carbons (Fsp3) is 0.267. The molecule has 2 rings (SSSR count). The molecule has 0 saturated heterocycles. The highest BCUT2D eigenvalue weighted by molar-refractivity contribution is 5.60. The summed E-state index contributed by atoms with van der Waals surface area (Å²) >= 11 is 0. The topological polar surface area (TPSA) is 28.2 Å². The van der Waals surface area contributed by atoms with Crippen LogP contribution in [0.1, 0.15) is 13.3 Å². The number of nitrogens with zero attached hydrogens (tertiary/aromatic N) is 2. The van der Waals surface area contributed by atoms with E-state index in [2.05, 4.69) is 34.3 Å². The second-order valence-electron chi connectivity index (χ2n) is 4.20. The Morgan fingerprint density at radius 1 is 1.06 bits per heavy atom. The third-order valence-electron chi connectivity index (χ3n) is 2.78. The van der Waals surface area contributed by atoms with Crippen molar-refractivity contribution in [2.24, 2.45) is 0 Å². The van der Waals surface area contributed by atoms with Crippen molar-refractivity contribution in [3.8, 4) is 0 Å². The molecule has 1 aromatic carbocycles. The average Bonchev–Trinajstić information content (AvgIpc) is 2.45. The molecule has 1 heterocycles. The number of nitrogens with one attached hydrogen (secondary N) is 1. The Kier molecular flexibility index (Phi) is 4.18. The molecular formula is C15H19N3. The van der Waals surface area contributed by atoms with E-state index < -0.39 is 0 Å². The molecule has 3 nitrogen and oxygen atoms in total. The molecule has 0 unspecified atom stereocenters. The molecule has 18 heavy (non-hydrogen) atoms. The molecule has 94 valence electrons. The second kappa shape index (κ2) is 6.05. The molecule has 0 fully saturated rings. The first-order chi connectivity index (χ1) is 8.81. The van der Waals surface area contributed by atoms with Crippen LogP contribution in [0.25, 0.3) is 0 Å². The Labute approximate surface area is 108 Å². The summed E-state index contributed by atoms with van der Waals surface area (Å²) in [6.07, 6.45) is 1.10. The first-order valence-corrected chi connectivity index (χ1v) is 6.31. The Morgan fingerprint density at radius 2 is 1.83 bits per heavy atom. The van der Waals surface area contributed by atoms with E-state index in [1.807, 2.05) is 43.4 Å². The number of aromatic nitrogens is 1. The second-order valence-corrected chi connectivity index (χ2v) is 4.20. The molecule has 0 saturated carbocycles. The zero-order valence-corrected chi connectivity index (χ0v) is 10.9. The van der Waals surface area contributed by atoms with Crippen molar-refractivity contribution in [3.63, 3.8) is 0 Å². The molecule has 0 radical (unpaired) electrons. The molecular weight excluding hydrogens is 222 g/mol. The monoisotopic (exact) mass is 241 g/mol. The fourth-order valence-corrected chi connectivity index (χ4v) is 1.75. The standard InChI is InChI=1S/C15H19N3/c1-3-12-16-14-10-7-11-15(17-14)18(2)13-8-5-4-6-9-13/h4-11H,3,12H2,1-2H3,(H,16,17). The summed E-state index contributed by atoms with van der Waals surface area (Å²) in [6, 6.07) is 16.3. The number of para-hydroxylation sites is 1. The van der Waals surface area contributed by atoms with Crippen molar-refractivity contribution in [1.29, 1.82) is 0 Å². The minimum atomic E-state index is 0.928. The van der Waals surface area contributed by atoms with Gasteiger partial charge >= 0.3 is 0 Å². The number of hydrogen-bond acceptors (Lipinski definition) is 3. The number of anilines is 3. The molecule has 0 aliphatic rings. The molecule has 0 aliphatic heterocycles. The Bertz CT molecular complexity index is 482. The number of rotatable bonds is 5. The SMILES string of the molecule is CCCNc1cccc(N(C)c2ccccc2)n1. The maximum atomic E-state index is 4.60. The van der Waals surface area contributed by atoms with Gasteiger partial charge < -0.3 is 10.2 Å². The third-order valence-corrected chi connectivity index (χ3v) is 2.78. The summed E-state index contributed by atoms with van der Waals surface area (Å²) in [4.78, 5) is 6.68. The van der Waals surface area contributed by atoms with Gasteiger partial charge in [-0.15, -0.1) is 0 Å². The van der Waals surface area contributed by atoms with Gasteiger partial charge in [-0.3, -0.25) is 0 Å². The smallest absolute Gasteiger partial charge is 0.135 e. The Morgan fingerprint density at radius 3 is 2.56 bits per heavy atom. The van der Waals surface area contributed by atoms with Crippen molar-refractivity contribution in [2.75, 3.05) is 23.8 Å². The normalized spacial score (nSPS) is 10.1. The lowest BCUT2D eigenvalue weighted by atomic mass is 10.3. The van der Waals surface area contributed by atoms with Crippen LogP contribution in [0.15, 0.2) is 48.5 Å². The molecule has 1 N–H and O–H groups in total. The van der Waals surface area contributed by atoms with Gasteiger partial charge in [0, 0.05) is 19.3 Å². The van der Waals surface area contributed by atoms with Gasteiger partial charge in [0.15, 0.2) is 0 Å². The largest absolute Gasteiger partial charge is 0.370 e. The number of benzene rings is 1.